The molecule has 3 aromatic heterocycles. The number of nitrogens with zero attached hydrogens (tertiary/aromatic N) is 2. The Kier molecular flexibility index (Phi) is 8.30. The van der Waals surface area contributed by atoms with Crippen molar-refractivity contribution in [2.45, 2.75) is 0 Å². The minimum absolute atomic E-state index is 0.245. The molecule has 0 saturated heterocycles. The number of rotatable bonds is 6. The van der Waals surface area contributed by atoms with Crippen LogP contribution in [0.3, 0.4) is 0 Å². The average molecular weight is 811 g/mol. The minimum Gasteiger partial charge on any atom is -0.504 e. The summed E-state index contributed by atoms with van der Waals surface area (Å²) in [7, 11) is 0. The van der Waals surface area contributed by atoms with E-state index in [1.807, 2.05) is 54.6 Å². The van der Waals surface area contributed by atoms with E-state index in [0.29, 0.717) is 11.4 Å². The Morgan fingerprint density at radius 1 is 0.410 bits per heavy atom. The normalized spacial score (nSPS) is 11.6. The molecule has 11 aromatic rings. The van der Waals surface area contributed by atoms with Crippen LogP contribution in [0.25, 0.3) is 104 Å². The van der Waals surface area contributed by atoms with Crippen LogP contribution in [0.2, 0.25) is 0 Å². The maximum Gasteiger partial charge on any atom is 0.208 e. The van der Waals surface area contributed by atoms with E-state index in [1.165, 1.54) is 0 Å². The Hall–Kier alpha value is -8.07. The number of phenols is 5. The smallest absolute Gasteiger partial charge is 0.208 e. The molecule has 0 aliphatic heterocycles. The average Bonchev–Trinajstić information content (AvgIpc) is 3.87. The van der Waals surface area contributed by atoms with Gasteiger partial charge in [-0.1, -0.05) is 127 Å². The molecule has 0 atom stereocenters. The van der Waals surface area contributed by atoms with Crippen LogP contribution in [0.4, 0.5) is 0 Å². The molecule has 0 unspecified atom stereocenters. The molecule has 8 heteroatoms. The summed E-state index contributed by atoms with van der Waals surface area (Å²) < 4.78 is 4.51. The van der Waals surface area contributed by atoms with Crippen molar-refractivity contribution >= 4 is 53.3 Å². The number of aromatic nitrogens is 2. The van der Waals surface area contributed by atoms with E-state index in [-0.39, 0.29) is 11.1 Å². The molecule has 61 heavy (non-hydrogen) atoms. The summed E-state index contributed by atoms with van der Waals surface area (Å²) in [6.45, 7) is 0. The number of aromatic hydroxyl groups is 5. The van der Waals surface area contributed by atoms with Crippen LogP contribution in [0, 0.1) is 0 Å². The zero-order chi connectivity index (χ0) is 41.4. The zero-order valence-electron chi connectivity index (χ0n) is 32.3. The molecule has 0 spiro atoms. The molecule has 3 heterocycles. The van der Waals surface area contributed by atoms with E-state index in [4.69, 9.17) is 4.98 Å². The van der Waals surface area contributed by atoms with Crippen LogP contribution in [-0.4, -0.2) is 35.1 Å². The van der Waals surface area contributed by atoms with Crippen LogP contribution in [-0.2, 0) is 0 Å². The lowest BCUT2D eigenvalue weighted by atomic mass is 9.95. The van der Waals surface area contributed by atoms with Gasteiger partial charge in [-0.05, 0) is 70.8 Å². The molecule has 7 nitrogen and oxygen atoms in total. The van der Waals surface area contributed by atoms with Crippen molar-refractivity contribution in [2.75, 3.05) is 0 Å². The van der Waals surface area contributed by atoms with Gasteiger partial charge in [0.2, 0.25) is 17.2 Å². The molecule has 11 rings (SSSR count). The monoisotopic (exact) mass is 810 g/mol. The fraction of sp³-hybridized carbons (Fsp3) is 0. The van der Waals surface area contributed by atoms with E-state index in [9.17, 15) is 25.5 Å². The number of fused-ring (bicyclic) bond motifs is 6. The number of pyridine rings is 1. The molecule has 0 bridgehead atoms. The topological polar surface area (TPSA) is 119 Å². The van der Waals surface area contributed by atoms with Gasteiger partial charge in [-0.3, -0.25) is 0 Å². The first-order valence-corrected chi connectivity index (χ1v) is 20.6. The fourth-order valence-electron chi connectivity index (χ4n) is 8.72. The number of thiophene rings is 1. The molecule has 0 aliphatic rings. The first-order chi connectivity index (χ1) is 29.9. The highest BCUT2D eigenvalue weighted by Crippen LogP contribution is 2.56. The first kappa shape index (κ1) is 36.0. The molecule has 292 valence electrons. The Morgan fingerprint density at radius 3 is 1.69 bits per heavy atom. The van der Waals surface area contributed by atoms with Crippen molar-refractivity contribution in [3.05, 3.63) is 176 Å². The highest BCUT2D eigenvalue weighted by atomic mass is 32.1. The molecule has 8 aromatic carbocycles. The lowest BCUT2D eigenvalue weighted by molar-refractivity contribution is 0.330. The minimum atomic E-state index is -1.02. The standard InChI is InChI=1S/C53H34N2O5S/c56-48-45(49(57)51(59)52(60)50(48)58)34-28-40(32-18-8-3-9-19-32)54-41(29-34)36-24-25-43(53-46(36)37-21-11-13-23-44(37)61-53)55-42-22-12-10-20-35(42)39-27-33(30-14-4-1-5-15-30)26-38(47(39)55)31-16-6-2-7-17-31/h1-29,56-60H. The summed E-state index contributed by atoms with van der Waals surface area (Å²) >= 11 is 1.70. The van der Waals surface area contributed by atoms with Gasteiger partial charge in [0.15, 0.2) is 11.5 Å². The lowest BCUT2D eigenvalue weighted by Gasteiger charge is -2.17. The third kappa shape index (κ3) is 5.68. The quantitative estimate of drug-likeness (QED) is 0.0843. The molecule has 0 amide bonds. The third-order valence-electron chi connectivity index (χ3n) is 11.5. The van der Waals surface area contributed by atoms with E-state index >= 15 is 0 Å². The summed E-state index contributed by atoms with van der Waals surface area (Å²) in [6, 6.07) is 59.6. The van der Waals surface area contributed by atoms with Crippen LogP contribution in [0.5, 0.6) is 28.7 Å². The SMILES string of the molecule is Oc1c(O)c(O)c(-c2cc(-c3ccccc3)nc(-c3ccc(-n4c5ccccc5c5cc(-c6ccccc6)cc(-c6ccccc6)c54)c4sc5ccccc5c34)c2)c(O)c1O. The van der Waals surface area contributed by atoms with Gasteiger partial charge < -0.3 is 30.1 Å². The van der Waals surface area contributed by atoms with Gasteiger partial charge in [-0.15, -0.1) is 11.3 Å². The van der Waals surface area contributed by atoms with Crippen molar-refractivity contribution < 1.29 is 25.5 Å². The predicted octanol–water partition coefficient (Wildman–Crippen LogP) is 13.4. The Bertz CT molecular complexity index is 3500. The number of hydrogen-bond acceptors (Lipinski definition) is 7. The van der Waals surface area contributed by atoms with Crippen molar-refractivity contribution in [1.29, 1.82) is 0 Å². The number of benzene rings is 8. The maximum atomic E-state index is 11.1. The van der Waals surface area contributed by atoms with E-state index in [0.717, 1.165) is 81.0 Å². The Balaban J connectivity index is 1.24. The fourth-order valence-corrected chi connectivity index (χ4v) is 9.95. The van der Waals surface area contributed by atoms with Gasteiger partial charge in [0.05, 0.1) is 38.4 Å². The van der Waals surface area contributed by atoms with Gasteiger partial charge >= 0.3 is 0 Å². The second kappa shape index (κ2) is 14.0. The zero-order valence-corrected chi connectivity index (χ0v) is 33.1. The lowest BCUT2D eigenvalue weighted by Crippen LogP contribution is -1.98. The van der Waals surface area contributed by atoms with Crippen molar-refractivity contribution in [3.63, 3.8) is 0 Å². The Morgan fingerprint density at radius 2 is 0.984 bits per heavy atom. The number of hydrogen-bond donors (Lipinski definition) is 5. The molecule has 0 saturated carbocycles. The van der Waals surface area contributed by atoms with E-state index < -0.39 is 28.7 Å². The summed E-state index contributed by atoms with van der Waals surface area (Å²) in [5.41, 5.74) is 10.3. The third-order valence-corrected chi connectivity index (χ3v) is 12.7. The molecular formula is C53H34N2O5S. The van der Waals surface area contributed by atoms with Crippen LogP contribution < -0.4 is 0 Å². The molecule has 0 radical (unpaired) electrons. The number of para-hydroxylation sites is 1. The summed E-state index contributed by atoms with van der Waals surface area (Å²) in [6.07, 6.45) is 0. The van der Waals surface area contributed by atoms with Crippen molar-refractivity contribution in [3.8, 4) is 90.3 Å². The van der Waals surface area contributed by atoms with Gasteiger partial charge in [0, 0.05) is 42.9 Å². The highest BCUT2D eigenvalue weighted by molar-refractivity contribution is 7.26. The largest absolute Gasteiger partial charge is 0.504 e. The highest BCUT2D eigenvalue weighted by Gasteiger charge is 2.27. The van der Waals surface area contributed by atoms with Crippen LogP contribution >= 0.6 is 11.3 Å². The molecule has 0 fully saturated rings. The molecule has 0 aliphatic carbocycles. The summed E-state index contributed by atoms with van der Waals surface area (Å²) in [4.78, 5) is 5.20. The van der Waals surface area contributed by atoms with Gasteiger partial charge in [-0.25, -0.2) is 4.98 Å². The van der Waals surface area contributed by atoms with Gasteiger partial charge in [-0.2, -0.15) is 0 Å². The van der Waals surface area contributed by atoms with Crippen LogP contribution in [0.1, 0.15) is 0 Å². The second-order valence-corrected chi connectivity index (χ2v) is 16.1. The van der Waals surface area contributed by atoms with Gasteiger partial charge in [0.25, 0.3) is 0 Å². The van der Waals surface area contributed by atoms with E-state index in [2.05, 4.69) is 114 Å². The predicted molar refractivity (Wildman–Crippen MR) is 247 cm³/mol. The molecular weight excluding hydrogens is 777 g/mol. The second-order valence-electron chi connectivity index (χ2n) is 15.0. The van der Waals surface area contributed by atoms with E-state index in [1.54, 1.807) is 23.5 Å². The first-order valence-electron chi connectivity index (χ1n) is 19.8. The molecule has 5 N–H and O–H groups in total. The van der Waals surface area contributed by atoms with Crippen molar-refractivity contribution in [1.82, 2.24) is 9.55 Å². The Labute approximate surface area is 353 Å². The maximum absolute atomic E-state index is 11.1. The van der Waals surface area contributed by atoms with Gasteiger partial charge in [0.1, 0.15) is 0 Å². The van der Waals surface area contributed by atoms with Crippen molar-refractivity contribution in [2.24, 2.45) is 0 Å². The summed E-state index contributed by atoms with van der Waals surface area (Å²) in [5.74, 6) is -4.46. The number of phenolic OH excluding ortho intramolecular Hbond substituents is 5. The van der Waals surface area contributed by atoms with Crippen LogP contribution in [0.15, 0.2) is 176 Å². The summed E-state index contributed by atoms with van der Waals surface area (Å²) in [5, 5.41) is 58.0.